The van der Waals surface area contributed by atoms with E-state index in [9.17, 15) is 5.11 Å². The molecule has 1 fully saturated rings. The molecule has 0 spiro atoms. The van der Waals surface area contributed by atoms with Crippen LogP contribution in [0.3, 0.4) is 0 Å². The van der Waals surface area contributed by atoms with Crippen molar-refractivity contribution in [2.45, 2.75) is 6.10 Å². The fraction of sp³-hybridized carbons (Fsp3) is 0.200. The highest BCUT2D eigenvalue weighted by molar-refractivity contribution is 5.86. The van der Waals surface area contributed by atoms with Crippen LogP contribution in [0.2, 0.25) is 0 Å². The molecule has 0 radical (unpaired) electrons. The number of aromatic hydroxyl groups is 1. The Morgan fingerprint density at radius 1 is 1.33 bits per heavy atom. The third kappa shape index (κ3) is 2.66. The number of H-pyrrole nitrogens is 1. The van der Waals surface area contributed by atoms with Crippen LogP contribution in [0.5, 0.6) is 11.5 Å². The van der Waals surface area contributed by atoms with E-state index in [-0.39, 0.29) is 11.9 Å². The number of nitrogens with one attached hydrogen (secondary N) is 2. The average Bonchev–Trinajstić information content (AvgIpc) is 2.76. The number of rotatable bonds is 4. The minimum Gasteiger partial charge on any atom is -0.507 e. The molecule has 0 unspecified atom stereocenters. The number of hydrogen-bond donors (Lipinski definition) is 5. The van der Waals surface area contributed by atoms with E-state index in [0.717, 1.165) is 13.1 Å². The Morgan fingerprint density at radius 3 is 2.76 bits per heavy atom. The third-order valence-corrected chi connectivity index (χ3v) is 3.47. The van der Waals surface area contributed by atoms with E-state index in [4.69, 9.17) is 16.2 Å². The van der Waals surface area contributed by atoms with Crippen LogP contribution in [0.25, 0.3) is 11.8 Å². The topological polar surface area (TPSA) is 109 Å². The lowest BCUT2D eigenvalue weighted by atomic mass is 10.1. The molecular weight excluding hydrogens is 268 g/mol. The normalized spacial score (nSPS) is 15.7. The number of benzene rings is 1. The Bertz CT molecular complexity index is 674. The van der Waals surface area contributed by atoms with Gasteiger partial charge in [-0.1, -0.05) is 12.1 Å². The molecule has 2 aromatic rings. The molecule has 110 valence electrons. The van der Waals surface area contributed by atoms with Crippen LogP contribution >= 0.6 is 0 Å². The van der Waals surface area contributed by atoms with Crippen molar-refractivity contribution in [2.75, 3.05) is 18.8 Å². The quantitative estimate of drug-likeness (QED) is 0.578. The van der Waals surface area contributed by atoms with Gasteiger partial charge < -0.3 is 31.6 Å². The molecule has 0 aliphatic carbocycles. The standard InChI is InChI=1S/C15H18N4O2/c16-12(10-3-1-2-4-13(10)20)5-11-14(8-19-15(11)17)21-9-6-18-7-9/h1-5,8-9,18-20H,6-7,16-17H2/b12-5-. The minimum atomic E-state index is 0.131. The second-order valence-electron chi connectivity index (χ2n) is 5.00. The van der Waals surface area contributed by atoms with Crippen molar-refractivity contribution in [2.24, 2.45) is 5.73 Å². The molecule has 6 heteroatoms. The van der Waals surface area contributed by atoms with Gasteiger partial charge in [0.05, 0.1) is 5.56 Å². The monoisotopic (exact) mass is 286 g/mol. The molecule has 6 nitrogen and oxygen atoms in total. The van der Waals surface area contributed by atoms with E-state index in [0.29, 0.717) is 28.4 Å². The number of phenolic OH excluding ortho intramolecular Hbond substituents is 1. The summed E-state index contributed by atoms with van der Waals surface area (Å²) in [5, 5.41) is 13.0. The number of aromatic amines is 1. The average molecular weight is 286 g/mol. The van der Waals surface area contributed by atoms with Crippen LogP contribution in [0.4, 0.5) is 5.82 Å². The Hall–Kier alpha value is -2.60. The van der Waals surface area contributed by atoms with Crippen molar-refractivity contribution in [1.82, 2.24) is 10.3 Å². The SMILES string of the molecule is N/C(=C\c1c(OC2CNC2)c[nH]c1N)c1ccccc1O. The Balaban J connectivity index is 1.91. The van der Waals surface area contributed by atoms with Gasteiger partial charge in [0.25, 0.3) is 0 Å². The van der Waals surface area contributed by atoms with Gasteiger partial charge in [0.1, 0.15) is 23.4 Å². The van der Waals surface area contributed by atoms with Crippen LogP contribution in [0.1, 0.15) is 11.1 Å². The summed E-state index contributed by atoms with van der Waals surface area (Å²) in [5.74, 6) is 1.28. The summed E-state index contributed by atoms with van der Waals surface area (Å²) in [4.78, 5) is 2.93. The molecular formula is C15H18N4O2. The van der Waals surface area contributed by atoms with Gasteiger partial charge >= 0.3 is 0 Å². The Labute approximate surface area is 122 Å². The molecule has 1 aromatic carbocycles. The van der Waals surface area contributed by atoms with Gasteiger partial charge in [0.2, 0.25) is 0 Å². The Kier molecular flexibility index (Phi) is 3.45. The number of anilines is 1. The number of phenols is 1. The smallest absolute Gasteiger partial charge is 0.146 e. The molecule has 1 aromatic heterocycles. The number of hydrogen-bond acceptors (Lipinski definition) is 5. The summed E-state index contributed by atoms with van der Waals surface area (Å²) in [7, 11) is 0. The van der Waals surface area contributed by atoms with Gasteiger partial charge in [-0.05, 0) is 18.2 Å². The van der Waals surface area contributed by atoms with Crippen molar-refractivity contribution < 1.29 is 9.84 Å². The molecule has 0 bridgehead atoms. The highest BCUT2D eigenvalue weighted by Crippen LogP contribution is 2.30. The summed E-state index contributed by atoms with van der Waals surface area (Å²) in [6.45, 7) is 1.65. The van der Waals surface area contributed by atoms with Gasteiger partial charge in [-0.2, -0.15) is 0 Å². The van der Waals surface area contributed by atoms with Crippen molar-refractivity contribution >= 4 is 17.6 Å². The van der Waals surface area contributed by atoms with Gasteiger partial charge in [-0.3, -0.25) is 0 Å². The number of para-hydroxylation sites is 1. The maximum Gasteiger partial charge on any atom is 0.146 e. The first-order valence-electron chi connectivity index (χ1n) is 6.75. The fourth-order valence-electron chi connectivity index (χ4n) is 2.15. The van der Waals surface area contributed by atoms with Gasteiger partial charge in [0, 0.05) is 30.5 Å². The highest BCUT2D eigenvalue weighted by Gasteiger charge is 2.21. The van der Waals surface area contributed by atoms with Crippen molar-refractivity contribution in [3.05, 3.63) is 41.6 Å². The zero-order valence-electron chi connectivity index (χ0n) is 11.5. The molecule has 21 heavy (non-hydrogen) atoms. The maximum atomic E-state index is 9.84. The summed E-state index contributed by atoms with van der Waals surface area (Å²) in [5.41, 5.74) is 13.7. The number of aromatic nitrogens is 1. The number of ether oxygens (including phenoxy) is 1. The van der Waals surface area contributed by atoms with Gasteiger partial charge in [-0.15, -0.1) is 0 Å². The van der Waals surface area contributed by atoms with E-state index >= 15 is 0 Å². The molecule has 0 amide bonds. The highest BCUT2D eigenvalue weighted by atomic mass is 16.5. The zero-order valence-corrected chi connectivity index (χ0v) is 11.5. The summed E-state index contributed by atoms with van der Waals surface area (Å²) >= 11 is 0. The molecule has 1 aliphatic heterocycles. The third-order valence-electron chi connectivity index (χ3n) is 3.47. The predicted molar refractivity (Wildman–Crippen MR) is 82.7 cm³/mol. The van der Waals surface area contributed by atoms with E-state index in [1.807, 2.05) is 6.07 Å². The van der Waals surface area contributed by atoms with E-state index in [2.05, 4.69) is 10.3 Å². The first-order valence-corrected chi connectivity index (χ1v) is 6.75. The van der Waals surface area contributed by atoms with Gasteiger partial charge in [-0.25, -0.2) is 0 Å². The van der Waals surface area contributed by atoms with Crippen LogP contribution in [0, 0.1) is 0 Å². The maximum absolute atomic E-state index is 9.84. The predicted octanol–water partition coefficient (Wildman–Crippen LogP) is 1.11. The zero-order chi connectivity index (χ0) is 14.8. The number of nitrogen functional groups attached to an aromatic ring is 1. The van der Waals surface area contributed by atoms with E-state index in [1.54, 1.807) is 30.5 Å². The lowest BCUT2D eigenvalue weighted by molar-refractivity contribution is 0.142. The van der Waals surface area contributed by atoms with Crippen LogP contribution in [-0.4, -0.2) is 29.3 Å². The molecule has 0 atom stereocenters. The molecule has 1 saturated heterocycles. The molecule has 2 heterocycles. The second-order valence-corrected chi connectivity index (χ2v) is 5.00. The summed E-state index contributed by atoms with van der Waals surface area (Å²) in [6.07, 6.45) is 3.58. The van der Waals surface area contributed by atoms with Crippen LogP contribution in [-0.2, 0) is 0 Å². The summed E-state index contributed by atoms with van der Waals surface area (Å²) in [6, 6.07) is 6.90. The minimum absolute atomic E-state index is 0.131. The van der Waals surface area contributed by atoms with Crippen molar-refractivity contribution in [1.29, 1.82) is 0 Å². The second kappa shape index (κ2) is 5.41. The molecule has 1 aliphatic rings. The largest absolute Gasteiger partial charge is 0.507 e. The fourth-order valence-corrected chi connectivity index (χ4v) is 2.15. The first-order chi connectivity index (χ1) is 10.1. The molecule has 7 N–H and O–H groups in total. The Morgan fingerprint density at radius 2 is 2.10 bits per heavy atom. The molecule has 3 rings (SSSR count). The van der Waals surface area contributed by atoms with Crippen molar-refractivity contribution in [3.8, 4) is 11.5 Å². The number of nitrogens with two attached hydrogens (primary N) is 2. The summed E-state index contributed by atoms with van der Waals surface area (Å²) < 4.78 is 5.83. The van der Waals surface area contributed by atoms with E-state index in [1.165, 1.54) is 0 Å². The lowest BCUT2D eigenvalue weighted by Gasteiger charge is -2.27. The lowest BCUT2D eigenvalue weighted by Crippen LogP contribution is -2.50. The van der Waals surface area contributed by atoms with Crippen LogP contribution < -0.4 is 21.5 Å². The van der Waals surface area contributed by atoms with Gasteiger partial charge in [0.15, 0.2) is 0 Å². The van der Waals surface area contributed by atoms with E-state index < -0.39 is 0 Å². The van der Waals surface area contributed by atoms with Crippen LogP contribution in [0.15, 0.2) is 30.5 Å². The first kappa shape index (κ1) is 13.4. The molecule has 0 saturated carbocycles. The van der Waals surface area contributed by atoms with Crippen molar-refractivity contribution in [3.63, 3.8) is 0 Å².